The Balaban J connectivity index is 0.000000133. The van der Waals surface area contributed by atoms with Gasteiger partial charge in [0.05, 0.1) is 10.9 Å². The molecular weight excluding hydrogens is 288 g/mol. The van der Waals surface area contributed by atoms with E-state index in [0.717, 1.165) is 5.52 Å². The van der Waals surface area contributed by atoms with Crippen molar-refractivity contribution in [3.63, 3.8) is 0 Å². The van der Waals surface area contributed by atoms with E-state index in [0.29, 0.717) is 16.6 Å². The molecule has 0 saturated carbocycles. The molecule has 0 aliphatic rings. The van der Waals surface area contributed by atoms with Crippen LogP contribution in [0, 0.1) is 0 Å². The molecule has 0 spiro atoms. The molecule has 2 N–H and O–H groups in total. The Kier molecular flexibility index (Phi) is 3.45. The van der Waals surface area contributed by atoms with E-state index in [1.165, 1.54) is 0 Å². The van der Waals surface area contributed by atoms with Gasteiger partial charge in [0.15, 0.2) is 5.58 Å². The quantitative estimate of drug-likeness (QED) is 0.512. The Morgan fingerprint density at radius 3 is 2.05 bits per heavy atom. The van der Waals surface area contributed by atoms with Crippen molar-refractivity contribution in [1.29, 1.82) is 0 Å². The summed E-state index contributed by atoms with van der Waals surface area (Å²) >= 11 is 0. The summed E-state index contributed by atoms with van der Waals surface area (Å²) in [7, 11) is 0. The number of benzene rings is 2. The van der Waals surface area contributed by atoms with Gasteiger partial charge in [0, 0.05) is 0 Å². The average Bonchev–Trinajstić information content (AvgIpc) is 2.88. The normalized spacial score (nSPS) is 10.4. The lowest BCUT2D eigenvalue weighted by molar-refractivity contribution is 0.528. The molecule has 0 unspecified atom stereocenters. The van der Waals surface area contributed by atoms with Gasteiger partial charge < -0.3 is 8.83 Å². The first-order chi connectivity index (χ1) is 10.6. The average molecular weight is 298 g/mol. The molecule has 0 bridgehead atoms. The highest BCUT2D eigenvalue weighted by Crippen LogP contribution is 2.06. The van der Waals surface area contributed by atoms with Crippen molar-refractivity contribution in [2.45, 2.75) is 0 Å². The van der Waals surface area contributed by atoms with Crippen LogP contribution >= 0.6 is 0 Å². The molecule has 2 heterocycles. The molecule has 110 valence electrons. The zero-order valence-corrected chi connectivity index (χ0v) is 11.2. The van der Waals surface area contributed by atoms with Crippen LogP contribution < -0.4 is 17.1 Å². The molecule has 0 fully saturated rings. The van der Waals surface area contributed by atoms with E-state index < -0.39 is 17.1 Å². The van der Waals surface area contributed by atoms with Gasteiger partial charge in [0.2, 0.25) is 0 Å². The molecule has 2 aromatic heterocycles. The second kappa shape index (κ2) is 5.57. The van der Waals surface area contributed by atoms with E-state index in [2.05, 4.69) is 4.98 Å². The highest BCUT2D eigenvalue weighted by molar-refractivity contribution is 5.74. The third-order valence-electron chi connectivity index (χ3n) is 2.88. The molecule has 4 aromatic rings. The lowest BCUT2D eigenvalue weighted by Crippen LogP contribution is -2.17. The van der Waals surface area contributed by atoms with E-state index in [9.17, 15) is 14.4 Å². The lowest BCUT2D eigenvalue weighted by Gasteiger charge is -1.91. The number of nitrogens with one attached hydrogen (secondary N) is 2. The Morgan fingerprint density at radius 1 is 0.682 bits per heavy atom. The third-order valence-corrected chi connectivity index (χ3v) is 2.88. The van der Waals surface area contributed by atoms with Gasteiger partial charge in [-0.2, -0.15) is 0 Å². The van der Waals surface area contributed by atoms with E-state index >= 15 is 0 Å². The van der Waals surface area contributed by atoms with Gasteiger partial charge in [0.25, 0.3) is 5.56 Å². The van der Waals surface area contributed by atoms with Crippen LogP contribution in [0.2, 0.25) is 0 Å². The fourth-order valence-corrected chi connectivity index (χ4v) is 1.92. The molecule has 7 nitrogen and oxygen atoms in total. The highest BCUT2D eigenvalue weighted by atomic mass is 16.4. The monoisotopic (exact) mass is 298 g/mol. The SMILES string of the molecule is O=c1[nH]c(=O)c2ccccc2o1.O=c1[nH]c2ccccc2o1. The third kappa shape index (κ3) is 2.73. The second-order valence-electron chi connectivity index (χ2n) is 4.35. The van der Waals surface area contributed by atoms with Gasteiger partial charge >= 0.3 is 11.5 Å². The first-order valence-corrected chi connectivity index (χ1v) is 6.33. The van der Waals surface area contributed by atoms with Crippen molar-refractivity contribution in [3.8, 4) is 0 Å². The standard InChI is InChI=1S/C8H5NO3.C7H5NO2/c10-7-5-3-1-2-4-6(5)12-8(11)9-7;9-7-8-5-3-1-2-4-6(5)10-7/h1-4H,(H,9,10,11);1-4H,(H,8,9). The minimum atomic E-state index is -0.723. The van der Waals surface area contributed by atoms with Gasteiger partial charge in [0.1, 0.15) is 5.58 Å². The fraction of sp³-hybridized carbons (Fsp3) is 0. The molecule has 0 aliphatic carbocycles. The van der Waals surface area contributed by atoms with Gasteiger partial charge in [-0.3, -0.25) is 14.8 Å². The predicted molar refractivity (Wildman–Crippen MR) is 79.9 cm³/mol. The summed E-state index contributed by atoms with van der Waals surface area (Å²) in [4.78, 5) is 36.9. The van der Waals surface area contributed by atoms with E-state index in [1.54, 1.807) is 36.4 Å². The highest BCUT2D eigenvalue weighted by Gasteiger charge is 1.99. The number of oxazole rings is 1. The molecule has 0 amide bonds. The van der Waals surface area contributed by atoms with Gasteiger partial charge in [-0.05, 0) is 24.3 Å². The molecular formula is C15H10N2O5. The number of aromatic amines is 2. The number of hydrogen-bond acceptors (Lipinski definition) is 5. The summed E-state index contributed by atoms with van der Waals surface area (Å²) in [5.41, 5.74) is 1.24. The number of para-hydroxylation sites is 3. The van der Waals surface area contributed by atoms with E-state index in [-0.39, 0.29) is 0 Å². The number of hydrogen-bond donors (Lipinski definition) is 2. The molecule has 2 aromatic carbocycles. The first kappa shape index (κ1) is 13.6. The summed E-state index contributed by atoms with van der Waals surface area (Å²) < 4.78 is 9.49. The topological polar surface area (TPSA) is 109 Å². The summed E-state index contributed by atoms with van der Waals surface area (Å²) in [6.45, 7) is 0. The van der Waals surface area contributed by atoms with Gasteiger partial charge in [-0.15, -0.1) is 0 Å². The predicted octanol–water partition coefficient (Wildman–Crippen LogP) is 1.60. The van der Waals surface area contributed by atoms with E-state index in [1.807, 2.05) is 17.1 Å². The molecule has 0 saturated heterocycles. The lowest BCUT2D eigenvalue weighted by atomic mass is 10.3. The van der Waals surface area contributed by atoms with Gasteiger partial charge in [-0.1, -0.05) is 24.3 Å². The molecule has 22 heavy (non-hydrogen) atoms. The van der Waals surface area contributed by atoms with Crippen molar-refractivity contribution in [1.82, 2.24) is 9.97 Å². The van der Waals surface area contributed by atoms with Crippen LogP contribution in [-0.4, -0.2) is 9.97 Å². The Labute approximate surface area is 121 Å². The van der Waals surface area contributed by atoms with Crippen LogP contribution in [0.4, 0.5) is 0 Å². The van der Waals surface area contributed by atoms with Crippen LogP contribution in [-0.2, 0) is 0 Å². The minimum Gasteiger partial charge on any atom is -0.409 e. The summed E-state index contributed by atoms with van der Waals surface area (Å²) in [5.74, 6) is -1.13. The zero-order chi connectivity index (χ0) is 15.5. The van der Waals surface area contributed by atoms with Crippen LogP contribution in [0.3, 0.4) is 0 Å². The van der Waals surface area contributed by atoms with Crippen molar-refractivity contribution in [2.24, 2.45) is 0 Å². The maximum absolute atomic E-state index is 11.1. The van der Waals surface area contributed by atoms with Gasteiger partial charge in [-0.25, -0.2) is 9.59 Å². The summed E-state index contributed by atoms with van der Waals surface area (Å²) in [6, 6.07) is 13.8. The molecule has 0 atom stereocenters. The molecule has 7 heteroatoms. The summed E-state index contributed by atoms with van der Waals surface area (Å²) in [6.07, 6.45) is 0. The van der Waals surface area contributed by atoms with Crippen molar-refractivity contribution < 1.29 is 8.83 Å². The summed E-state index contributed by atoms with van der Waals surface area (Å²) in [5, 5.41) is 0.386. The van der Waals surface area contributed by atoms with Crippen molar-refractivity contribution >= 4 is 22.1 Å². The van der Waals surface area contributed by atoms with Crippen LogP contribution in [0.5, 0.6) is 0 Å². The number of rotatable bonds is 0. The number of aromatic nitrogens is 2. The zero-order valence-electron chi connectivity index (χ0n) is 11.2. The number of fused-ring (bicyclic) bond motifs is 2. The minimum absolute atomic E-state index is 0.311. The second-order valence-corrected chi connectivity index (χ2v) is 4.35. The molecule has 0 aliphatic heterocycles. The van der Waals surface area contributed by atoms with E-state index in [4.69, 9.17) is 8.83 Å². The number of H-pyrrole nitrogens is 2. The maximum atomic E-state index is 11.1. The first-order valence-electron chi connectivity index (χ1n) is 6.33. The largest absolute Gasteiger partial charge is 0.419 e. The van der Waals surface area contributed by atoms with Crippen molar-refractivity contribution in [2.75, 3.05) is 0 Å². The Morgan fingerprint density at radius 2 is 1.27 bits per heavy atom. The van der Waals surface area contributed by atoms with Crippen molar-refractivity contribution in [3.05, 3.63) is 80.0 Å². The van der Waals surface area contributed by atoms with Crippen LogP contribution in [0.15, 0.2) is 71.7 Å². The fourth-order valence-electron chi connectivity index (χ4n) is 1.92. The molecule has 4 rings (SSSR count). The van der Waals surface area contributed by atoms with Crippen LogP contribution in [0.25, 0.3) is 22.1 Å². The smallest absolute Gasteiger partial charge is 0.409 e. The Hall–Kier alpha value is -3.35. The maximum Gasteiger partial charge on any atom is 0.419 e. The Bertz CT molecular complexity index is 1060. The van der Waals surface area contributed by atoms with Crippen LogP contribution in [0.1, 0.15) is 0 Å². The molecule has 0 radical (unpaired) electrons.